The number of benzene rings is 2. The summed E-state index contributed by atoms with van der Waals surface area (Å²) in [7, 11) is 1.87. The van der Waals surface area contributed by atoms with Gasteiger partial charge in [0.25, 0.3) is 5.56 Å². The number of ether oxygens (including phenoxy) is 1. The molecular weight excluding hydrogens is 362 g/mol. The van der Waals surface area contributed by atoms with Crippen molar-refractivity contribution < 1.29 is 4.74 Å². The number of hydrogen-bond donors (Lipinski definition) is 1. The maximum atomic E-state index is 13.0. The second-order valence-corrected chi connectivity index (χ2v) is 7.59. The molecule has 1 aliphatic rings. The molecule has 1 aromatic heterocycles. The summed E-state index contributed by atoms with van der Waals surface area (Å²) < 4.78 is 7.21. The van der Waals surface area contributed by atoms with Gasteiger partial charge in [-0.15, -0.1) is 0 Å². The zero-order valence-corrected chi connectivity index (χ0v) is 17.1. The Bertz CT molecular complexity index is 1010. The Labute approximate surface area is 171 Å². The van der Waals surface area contributed by atoms with Crippen molar-refractivity contribution in [3.63, 3.8) is 0 Å². The van der Waals surface area contributed by atoms with E-state index in [0.29, 0.717) is 0 Å². The van der Waals surface area contributed by atoms with Crippen LogP contribution in [0.2, 0.25) is 0 Å². The molecule has 4 rings (SSSR count). The minimum atomic E-state index is 0.0514. The zero-order valence-electron chi connectivity index (χ0n) is 17.1. The van der Waals surface area contributed by atoms with Crippen molar-refractivity contribution in [2.75, 3.05) is 39.4 Å². The predicted octanol–water partition coefficient (Wildman–Crippen LogP) is 3.02. The summed E-state index contributed by atoms with van der Waals surface area (Å²) in [4.78, 5) is 15.4. The molecular formula is C24H29N3O2. The predicted molar refractivity (Wildman–Crippen MR) is 118 cm³/mol. The lowest BCUT2D eigenvalue weighted by Crippen LogP contribution is -2.37. The average Bonchev–Trinajstić information content (AvgIpc) is 2.78. The van der Waals surface area contributed by atoms with Gasteiger partial charge in [-0.2, -0.15) is 0 Å². The summed E-state index contributed by atoms with van der Waals surface area (Å²) in [6, 6.07) is 18.1. The Kier molecular flexibility index (Phi) is 6.39. The lowest BCUT2D eigenvalue weighted by molar-refractivity contribution is 0.0374. The van der Waals surface area contributed by atoms with Gasteiger partial charge < -0.3 is 14.6 Å². The number of nitrogens with one attached hydrogen (secondary N) is 1. The highest BCUT2D eigenvalue weighted by Crippen LogP contribution is 2.27. The number of rotatable bonds is 7. The molecule has 1 saturated heterocycles. The molecule has 1 fully saturated rings. The molecule has 0 bridgehead atoms. The van der Waals surface area contributed by atoms with Crippen LogP contribution in [0.5, 0.6) is 0 Å². The molecule has 0 spiro atoms. The average molecular weight is 392 g/mol. The van der Waals surface area contributed by atoms with Crippen LogP contribution in [0.3, 0.4) is 0 Å². The van der Waals surface area contributed by atoms with E-state index in [1.54, 1.807) is 4.57 Å². The van der Waals surface area contributed by atoms with Gasteiger partial charge in [-0.3, -0.25) is 9.69 Å². The zero-order chi connectivity index (χ0) is 20.1. The van der Waals surface area contributed by atoms with Crippen LogP contribution in [0, 0.1) is 0 Å². The monoisotopic (exact) mass is 391 g/mol. The van der Waals surface area contributed by atoms with Crippen LogP contribution < -0.4 is 10.9 Å². The third-order valence-electron chi connectivity index (χ3n) is 5.69. The van der Waals surface area contributed by atoms with Gasteiger partial charge in [0.15, 0.2) is 0 Å². The van der Waals surface area contributed by atoms with Crippen LogP contribution in [0.15, 0.2) is 59.4 Å². The first-order chi connectivity index (χ1) is 14.3. The normalized spacial score (nSPS) is 15.1. The molecule has 2 heterocycles. The molecule has 0 aliphatic carbocycles. The smallest absolute Gasteiger partial charge is 0.258 e. The Balaban J connectivity index is 1.57. The Morgan fingerprint density at radius 1 is 0.966 bits per heavy atom. The second kappa shape index (κ2) is 9.35. The fourth-order valence-electron chi connectivity index (χ4n) is 4.15. The van der Waals surface area contributed by atoms with Crippen molar-refractivity contribution in [3.8, 4) is 11.3 Å². The van der Waals surface area contributed by atoms with Gasteiger partial charge in [-0.1, -0.05) is 48.5 Å². The first kappa shape index (κ1) is 19.8. The molecule has 0 amide bonds. The van der Waals surface area contributed by atoms with Crippen LogP contribution in [0.25, 0.3) is 22.0 Å². The number of aromatic nitrogens is 1. The lowest BCUT2D eigenvalue weighted by Gasteiger charge is -2.26. The standard InChI is InChI=1S/C24H29N3O2/c1-26-23(19-8-3-2-4-9-19)22(20-10-5-6-11-21(20)24(26)28)18-25-12-7-13-27-14-16-29-17-15-27/h2-6,8-11,25H,7,12-18H2,1H3. The number of nitrogens with zero attached hydrogens (tertiary/aromatic N) is 2. The van der Waals surface area contributed by atoms with E-state index in [2.05, 4.69) is 28.4 Å². The summed E-state index contributed by atoms with van der Waals surface area (Å²) in [5, 5.41) is 5.43. The number of morpholine rings is 1. The van der Waals surface area contributed by atoms with Crippen LogP contribution in [0.1, 0.15) is 12.0 Å². The van der Waals surface area contributed by atoms with Gasteiger partial charge in [0.2, 0.25) is 0 Å². The molecule has 1 N–H and O–H groups in total. The number of fused-ring (bicyclic) bond motifs is 1. The topological polar surface area (TPSA) is 46.5 Å². The van der Waals surface area contributed by atoms with Gasteiger partial charge in [0.1, 0.15) is 0 Å². The molecule has 2 aromatic carbocycles. The van der Waals surface area contributed by atoms with E-state index >= 15 is 0 Å². The number of hydrogen-bond acceptors (Lipinski definition) is 4. The third kappa shape index (κ3) is 4.42. The molecule has 0 unspecified atom stereocenters. The summed E-state index contributed by atoms with van der Waals surface area (Å²) in [6.07, 6.45) is 1.10. The summed E-state index contributed by atoms with van der Waals surface area (Å²) in [5.41, 5.74) is 3.30. The van der Waals surface area contributed by atoms with Crippen LogP contribution in [-0.2, 0) is 18.3 Å². The van der Waals surface area contributed by atoms with E-state index in [-0.39, 0.29) is 5.56 Å². The van der Waals surface area contributed by atoms with E-state index in [1.165, 1.54) is 5.56 Å². The first-order valence-corrected chi connectivity index (χ1v) is 10.4. The van der Waals surface area contributed by atoms with Gasteiger partial charge in [0.05, 0.1) is 18.9 Å². The molecule has 3 aromatic rings. The van der Waals surface area contributed by atoms with Crippen molar-refractivity contribution in [1.29, 1.82) is 0 Å². The minimum absolute atomic E-state index is 0.0514. The highest BCUT2D eigenvalue weighted by atomic mass is 16.5. The van der Waals surface area contributed by atoms with Crippen LogP contribution in [0.4, 0.5) is 0 Å². The van der Waals surface area contributed by atoms with Gasteiger partial charge >= 0.3 is 0 Å². The molecule has 0 saturated carbocycles. The van der Waals surface area contributed by atoms with E-state index in [1.807, 2.05) is 43.4 Å². The van der Waals surface area contributed by atoms with E-state index in [9.17, 15) is 4.79 Å². The molecule has 1 aliphatic heterocycles. The molecule has 29 heavy (non-hydrogen) atoms. The van der Waals surface area contributed by atoms with Crippen molar-refractivity contribution in [1.82, 2.24) is 14.8 Å². The highest BCUT2D eigenvalue weighted by Gasteiger charge is 2.16. The van der Waals surface area contributed by atoms with Crippen LogP contribution >= 0.6 is 0 Å². The highest BCUT2D eigenvalue weighted by molar-refractivity contribution is 5.89. The second-order valence-electron chi connectivity index (χ2n) is 7.59. The molecule has 5 heteroatoms. The summed E-state index contributed by atoms with van der Waals surface area (Å²) in [5.74, 6) is 0. The third-order valence-corrected chi connectivity index (χ3v) is 5.69. The molecule has 0 atom stereocenters. The molecule has 0 radical (unpaired) electrons. The summed E-state index contributed by atoms with van der Waals surface area (Å²) >= 11 is 0. The van der Waals surface area contributed by atoms with Crippen molar-refractivity contribution in [2.45, 2.75) is 13.0 Å². The Morgan fingerprint density at radius 2 is 1.66 bits per heavy atom. The van der Waals surface area contributed by atoms with Gasteiger partial charge in [0, 0.05) is 32.1 Å². The maximum Gasteiger partial charge on any atom is 0.258 e. The largest absolute Gasteiger partial charge is 0.379 e. The van der Waals surface area contributed by atoms with Crippen molar-refractivity contribution in [3.05, 3.63) is 70.5 Å². The van der Waals surface area contributed by atoms with E-state index in [0.717, 1.165) is 74.4 Å². The van der Waals surface area contributed by atoms with E-state index in [4.69, 9.17) is 4.74 Å². The quantitative estimate of drug-likeness (QED) is 0.629. The lowest BCUT2D eigenvalue weighted by atomic mass is 9.99. The molecule has 5 nitrogen and oxygen atoms in total. The van der Waals surface area contributed by atoms with Crippen LogP contribution in [-0.4, -0.2) is 48.9 Å². The Hall–Kier alpha value is -2.47. The van der Waals surface area contributed by atoms with Gasteiger partial charge in [-0.25, -0.2) is 0 Å². The fourth-order valence-corrected chi connectivity index (χ4v) is 4.15. The van der Waals surface area contributed by atoms with E-state index < -0.39 is 0 Å². The van der Waals surface area contributed by atoms with Gasteiger partial charge in [-0.05, 0) is 42.1 Å². The summed E-state index contributed by atoms with van der Waals surface area (Å²) in [6.45, 7) is 6.53. The molecule has 152 valence electrons. The maximum absolute atomic E-state index is 13.0. The van der Waals surface area contributed by atoms with Crippen molar-refractivity contribution in [2.24, 2.45) is 7.05 Å². The number of pyridine rings is 1. The Morgan fingerprint density at radius 3 is 2.41 bits per heavy atom. The van der Waals surface area contributed by atoms with Crippen molar-refractivity contribution >= 4 is 10.8 Å². The SMILES string of the molecule is Cn1c(-c2ccccc2)c(CNCCCN2CCOCC2)c2ccccc2c1=O. The first-order valence-electron chi connectivity index (χ1n) is 10.4. The fraction of sp³-hybridized carbons (Fsp3) is 0.375. The minimum Gasteiger partial charge on any atom is -0.379 e.